The van der Waals surface area contributed by atoms with Crippen molar-refractivity contribution in [1.82, 2.24) is 10.4 Å². The number of thiophene rings is 1. The number of nitrogens with zero attached hydrogens (tertiary/aromatic N) is 1. The lowest BCUT2D eigenvalue weighted by atomic mass is 9.95. The van der Waals surface area contributed by atoms with E-state index in [-0.39, 0.29) is 5.91 Å². The van der Waals surface area contributed by atoms with E-state index in [1.54, 1.807) is 46.0 Å². The van der Waals surface area contributed by atoms with Gasteiger partial charge in [-0.3, -0.25) is 14.8 Å². The van der Waals surface area contributed by atoms with Gasteiger partial charge in [0.1, 0.15) is 0 Å². The number of amides is 2. The number of carbonyl (C=O) groups excluding carboxylic acids is 2. The van der Waals surface area contributed by atoms with Crippen LogP contribution in [0.25, 0.3) is 11.6 Å². The average molecular weight is 439 g/mol. The normalized spacial score (nSPS) is 13.7. The Hall–Kier alpha value is -2.93. The van der Waals surface area contributed by atoms with Crippen molar-refractivity contribution in [2.45, 2.75) is 13.0 Å². The highest BCUT2D eigenvalue weighted by atomic mass is 35.5. The van der Waals surface area contributed by atoms with Gasteiger partial charge >= 0.3 is 0 Å². The van der Waals surface area contributed by atoms with Crippen LogP contribution in [0.2, 0.25) is 5.02 Å². The molecule has 5 nitrogen and oxygen atoms in total. The van der Waals surface area contributed by atoms with Crippen molar-refractivity contribution in [3.8, 4) is 0 Å². The molecule has 3 aromatic rings. The highest BCUT2D eigenvalue weighted by Gasteiger charge is 2.25. The molecular formula is C23H19ClN2O3S. The first kappa shape index (κ1) is 20.3. The third kappa shape index (κ3) is 4.31. The van der Waals surface area contributed by atoms with Crippen LogP contribution in [0.15, 0.2) is 60.0 Å². The van der Waals surface area contributed by atoms with E-state index < -0.39 is 5.91 Å². The molecule has 2 amide bonds. The molecule has 2 heterocycles. The summed E-state index contributed by atoms with van der Waals surface area (Å²) in [4.78, 5) is 28.0. The second-order valence-corrected chi connectivity index (χ2v) is 8.40. The first-order valence-corrected chi connectivity index (χ1v) is 10.7. The Kier molecular flexibility index (Phi) is 5.99. The Morgan fingerprint density at radius 2 is 1.83 bits per heavy atom. The zero-order valence-corrected chi connectivity index (χ0v) is 17.5. The Bertz CT molecular complexity index is 1110. The third-order valence-corrected chi connectivity index (χ3v) is 6.16. The Morgan fingerprint density at radius 3 is 2.53 bits per heavy atom. The molecule has 1 aliphatic heterocycles. The number of hydrogen-bond acceptors (Lipinski definition) is 4. The smallest absolute Gasteiger partial charge is 0.274 e. The van der Waals surface area contributed by atoms with Gasteiger partial charge in [0, 0.05) is 34.1 Å². The van der Waals surface area contributed by atoms with Gasteiger partial charge in [-0.25, -0.2) is 5.48 Å². The van der Waals surface area contributed by atoms with Crippen LogP contribution >= 0.6 is 22.9 Å². The third-order valence-electron chi connectivity index (χ3n) is 5.08. The van der Waals surface area contributed by atoms with Crippen LogP contribution in [-0.4, -0.2) is 28.5 Å². The van der Waals surface area contributed by atoms with E-state index >= 15 is 0 Å². The van der Waals surface area contributed by atoms with Crippen molar-refractivity contribution < 1.29 is 14.8 Å². The Balaban J connectivity index is 1.66. The summed E-state index contributed by atoms with van der Waals surface area (Å²) in [5.41, 5.74) is 5.42. The SMILES string of the molecule is O=C(NO)c1ccc2c(c1)CN(C(=O)C(=Cc1cccs1)c1ccc(Cl)cc1)CC2. The van der Waals surface area contributed by atoms with Gasteiger partial charge in [0.25, 0.3) is 11.8 Å². The second-order valence-electron chi connectivity index (χ2n) is 6.98. The minimum atomic E-state index is -0.569. The van der Waals surface area contributed by atoms with E-state index in [4.69, 9.17) is 16.8 Å². The van der Waals surface area contributed by atoms with Gasteiger partial charge in [-0.05, 0) is 64.9 Å². The van der Waals surface area contributed by atoms with E-state index in [2.05, 4.69) is 0 Å². The summed E-state index contributed by atoms with van der Waals surface area (Å²) in [6.45, 7) is 0.989. The zero-order valence-electron chi connectivity index (χ0n) is 16.0. The number of halogens is 1. The minimum absolute atomic E-state index is 0.0756. The van der Waals surface area contributed by atoms with Crippen molar-refractivity contribution in [2.24, 2.45) is 0 Å². The van der Waals surface area contributed by atoms with Crippen molar-refractivity contribution in [3.63, 3.8) is 0 Å². The summed E-state index contributed by atoms with van der Waals surface area (Å²) in [5.74, 6) is -0.644. The lowest BCUT2D eigenvalue weighted by Crippen LogP contribution is -2.36. The first-order chi connectivity index (χ1) is 14.5. The quantitative estimate of drug-likeness (QED) is 0.354. The standard InChI is InChI=1S/C23H19ClN2O3S/c24-19-7-5-16(6-8-19)21(13-20-2-1-11-30-20)23(28)26-10-9-15-3-4-17(22(27)25-29)12-18(15)14-26/h1-8,11-13,29H,9-10,14H2,(H,25,27). The molecule has 4 rings (SSSR count). The molecule has 152 valence electrons. The number of hydroxylamine groups is 1. The van der Waals surface area contributed by atoms with E-state index in [0.29, 0.717) is 35.7 Å². The predicted octanol–water partition coefficient (Wildman–Crippen LogP) is 4.65. The number of benzene rings is 2. The number of carbonyl (C=O) groups is 2. The summed E-state index contributed by atoms with van der Waals surface area (Å²) in [6, 6.07) is 16.5. The van der Waals surface area contributed by atoms with Gasteiger partial charge in [0.05, 0.1) is 0 Å². The van der Waals surface area contributed by atoms with Crippen LogP contribution in [0.3, 0.4) is 0 Å². The van der Waals surface area contributed by atoms with Crippen LogP contribution in [0, 0.1) is 0 Å². The van der Waals surface area contributed by atoms with Crippen LogP contribution < -0.4 is 5.48 Å². The van der Waals surface area contributed by atoms with Gasteiger partial charge < -0.3 is 4.90 Å². The summed E-state index contributed by atoms with van der Waals surface area (Å²) < 4.78 is 0. The maximum Gasteiger partial charge on any atom is 0.274 e. The van der Waals surface area contributed by atoms with Crippen LogP contribution in [0.1, 0.15) is 31.9 Å². The Morgan fingerprint density at radius 1 is 1.07 bits per heavy atom. The fourth-order valence-corrected chi connectivity index (χ4v) is 4.30. The predicted molar refractivity (Wildman–Crippen MR) is 118 cm³/mol. The van der Waals surface area contributed by atoms with Gasteiger partial charge in [0.15, 0.2) is 0 Å². The molecule has 0 saturated heterocycles. The van der Waals surface area contributed by atoms with E-state index in [1.807, 2.05) is 41.8 Å². The lowest BCUT2D eigenvalue weighted by molar-refractivity contribution is -0.125. The topological polar surface area (TPSA) is 69.6 Å². The van der Waals surface area contributed by atoms with Gasteiger partial charge in [0.2, 0.25) is 0 Å². The van der Waals surface area contributed by atoms with Crippen LogP contribution in [0.4, 0.5) is 0 Å². The highest BCUT2D eigenvalue weighted by Crippen LogP contribution is 2.28. The second kappa shape index (κ2) is 8.83. The summed E-state index contributed by atoms with van der Waals surface area (Å²) in [6.07, 6.45) is 2.61. The fraction of sp³-hybridized carbons (Fsp3) is 0.130. The van der Waals surface area contributed by atoms with Crippen molar-refractivity contribution in [3.05, 3.63) is 92.1 Å². The summed E-state index contributed by atoms with van der Waals surface area (Å²) in [7, 11) is 0. The molecule has 0 aliphatic carbocycles. The molecule has 30 heavy (non-hydrogen) atoms. The number of hydrogen-bond donors (Lipinski definition) is 2. The van der Waals surface area contributed by atoms with Gasteiger partial charge in [-0.2, -0.15) is 0 Å². The number of nitrogens with one attached hydrogen (secondary N) is 1. The molecule has 0 bridgehead atoms. The van der Waals surface area contributed by atoms with Crippen molar-refractivity contribution in [2.75, 3.05) is 6.54 Å². The van der Waals surface area contributed by atoms with Crippen molar-refractivity contribution in [1.29, 1.82) is 0 Å². The molecule has 0 saturated carbocycles. The van der Waals surface area contributed by atoms with E-state index in [1.165, 1.54) is 0 Å². The molecule has 2 N–H and O–H groups in total. The molecule has 0 fully saturated rings. The molecule has 7 heteroatoms. The largest absolute Gasteiger partial charge is 0.334 e. The summed E-state index contributed by atoms with van der Waals surface area (Å²) in [5, 5.41) is 11.5. The van der Waals surface area contributed by atoms with Gasteiger partial charge in [-0.1, -0.05) is 35.9 Å². The molecule has 0 spiro atoms. The fourth-order valence-electron chi connectivity index (χ4n) is 3.52. The number of fused-ring (bicyclic) bond motifs is 1. The first-order valence-electron chi connectivity index (χ1n) is 9.42. The van der Waals surface area contributed by atoms with Crippen LogP contribution in [0.5, 0.6) is 0 Å². The summed E-state index contributed by atoms with van der Waals surface area (Å²) >= 11 is 7.60. The van der Waals surface area contributed by atoms with Crippen LogP contribution in [-0.2, 0) is 17.8 Å². The minimum Gasteiger partial charge on any atom is -0.334 e. The number of rotatable bonds is 4. The Labute approximate surface area is 183 Å². The molecule has 0 unspecified atom stereocenters. The maximum atomic E-state index is 13.5. The average Bonchev–Trinajstić information content (AvgIpc) is 3.29. The van der Waals surface area contributed by atoms with Gasteiger partial charge in [-0.15, -0.1) is 11.3 Å². The molecule has 1 aliphatic rings. The molecule has 0 atom stereocenters. The zero-order chi connectivity index (χ0) is 21.1. The maximum absolute atomic E-state index is 13.5. The molecule has 2 aromatic carbocycles. The monoisotopic (exact) mass is 438 g/mol. The molecule has 1 aromatic heterocycles. The van der Waals surface area contributed by atoms with E-state index in [9.17, 15) is 9.59 Å². The molecular weight excluding hydrogens is 420 g/mol. The lowest BCUT2D eigenvalue weighted by Gasteiger charge is -2.30. The molecule has 0 radical (unpaired) electrons. The highest BCUT2D eigenvalue weighted by molar-refractivity contribution is 7.11. The van der Waals surface area contributed by atoms with Crippen molar-refractivity contribution >= 4 is 46.4 Å². The van der Waals surface area contributed by atoms with E-state index in [0.717, 1.165) is 21.6 Å².